The van der Waals surface area contributed by atoms with Crippen molar-refractivity contribution in [3.63, 3.8) is 0 Å². The SMILES string of the molecule is CCN(C(=O)CCSc1ccc(Cl)cc1)C(C)CC(=O)O. The summed E-state index contributed by atoms with van der Waals surface area (Å²) in [6.07, 6.45) is 0.370. The molecule has 1 unspecified atom stereocenters. The lowest BCUT2D eigenvalue weighted by molar-refractivity contribution is -0.140. The van der Waals surface area contributed by atoms with E-state index >= 15 is 0 Å². The summed E-state index contributed by atoms with van der Waals surface area (Å²) in [5.74, 6) is -0.228. The van der Waals surface area contributed by atoms with Crippen molar-refractivity contribution in [1.82, 2.24) is 4.90 Å². The fourth-order valence-electron chi connectivity index (χ4n) is 2.03. The molecule has 1 rings (SSSR count). The van der Waals surface area contributed by atoms with E-state index in [-0.39, 0.29) is 18.4 Å². The highest BCUT2D eigenvalue weighted by Gasteiger charge is 2.20. The second-order valence-electron chi connectivity index (χ2n) is 4.68. The maximum Gasteiger partial charge on any atom is 0.305 e. The third kappa shape index (κ3) is 6.40. The smallest absolute Gasteiger partial charge is 0.305 e. The van der Waals surface area contributed by atoms with Crippen LogP contribution < -0.4 is 0 Å². The molecule has 1 amide bonds. The number of carboxylic acid groups (broad SMARTS) is 1. The first-order valence-corrected chi connectivity index (χ1v) is 8.20. The van der Waals surface area contributed by atoms with Crippen molar-refractivity contribution in [2.24, 2.45) is 0 Å². The minimum atomic E-state index is -0.885. The molecule has 1 aromatic rings. The molecule has 0 heterocycles. The third-order valence-electron chi connectivity index (χ3n) is 3.06. The first-order valence-electron chi connectivity index (χ1n) is 6.83. The van der Waals surface area contributed by atoms with Gasteiger partial charge in [0.1, 0.15) is 0 Å². The minimum Gasteiger partial charge on any atom is -0.481 e. The first kappa shape index (κ1) is 17.9. The summed E-state index contributed by atoms with van der Waals surface area (Å²) >= 11 is 7.40. The maximum atomic E-state index is 12.1. The molecule has 4 nitrogen and oxygen atoms in total. The van der Waals surface area contributed by atoms with Crippen LogP contribution in [0.2, 0.25) is 5.02 Å². The molecule has 0 aliphatic heterocycles. The number of thioether (sulfide) groups is 1. The Morgan fingerprint density at radius 2 is 1.95 bits per heavy atom. The molecule has 0 bridgehead atoms. The number of rotatable bonds is 8. The van der Waals surface area contributed by atoms with Crippen LogP contribution in [0.25, 0.3) is 0 Å². The van der Waals surface area contributed by atoms with E-state index in [1.54, 1.807) is 23.6 Å². The topological polar surface area (TPSA) is 57.6 Å². The molecule has 0 aliphatic rings. The predicted octanol–water partition coefficient (Wildman–Crippen LogP) is 3.53. The van der Waals surface area contributed by atoms with Gasteiger partial charge in [0, 0.05) is 34.7 Å². The predicted molar refractivity (Wildman–Crippen MR) is 85.9 cm³/mol. The first-order chi connectivity index (χ1) is 9.93. The van der Waals surface area contributed by atoms with E-state index in [0.29, 0.717) is 23.7 Å². The van der Waals surface area contributed by atoms with Crippen LogP contribution in [0, 0.1) is 0 Å². The Morgan fingerprint density at radius 1 is 1.33 bits per heavy atom. The van der Waals surface area contributed by atoms with Crippen molar-refractivity contribution in [3.05, 3.63) is 29.3 Å². The van der Waals surface area contributed by atoms with Crippen LogP contribution in [0.3, 0.4) is 0 Å². The third-order valence-corrected chi connectivity index (χ3v) is 4.33. The van der Waals surface area contributed by atoms with Gasteiger partial charge in [-0.2, -0.15) is 0 Å². The molecule has 0 saturated heterocycles. The summed E-state index contributed by atoms with van der Waals surface area (Å²) in [5, 5.41) is 9.49. The van der Waals surface area contributed by atoms with Crippen molar-refractivity contribution < 1.29 is 14.7 Å². The lowest BCUT2D eigenvalue weighted by Gasteiger charge is -2.27. The van der Waals surface area contributed by atoms with Crippen molar-refractivity contribution in [2.75, 3.05) is 12.3 Å². The molecule has 6 heteroatoms. The summed E-state index contributed by atoms with van der Waals surface area (Å²) < 4.78 is 0. The number of benzene rings is 1. The highest BCUT2D eigenvalue weighted by molar-refractivity contribution is 7.99. The summed E-state index contributed by atoms with van der Waals surface area (Å²) in [4.78, 5) is 25.6. The monoisotopic (exact) mass is 329 g/mol. The fraction of sp³-hybridized carbons (Fsp3) is 0.467. The number of carbonyl (C=O) groups excluding carboxylic acids is 1. The molecule has 0 fully saturated rings. The maximum absolute atomic E-state index is 12.1. The summed E-state index contributed by atoms with van der Waals surface area (Å²) in [6.45, 7) is 4.16. The standard InChI is InChI=1S/C15H20ClNO3S/c1-3-17(11(2)10-15(19)20)14(18)8-9-21-13-6-4-12(16)5-7-13/h4-7,11H,3,8-10H2,1-2H3,(H,19,20). The van der Waals surface area contributed by atoms with Crippen molar-refractivity contribution >= 4 is 35.2 Å². The number of amides is 1. The second kappa shape index (κ2) is 8.95. The van der Waals surface area contributed by atoms with E-state index in [0.717, 1.165) is 4.90 Å². The summed E-state index contributed by atoms with van der Waals surface area (Å²) in [7, 11) is 0. The van der Waals surface area contributed by atoms with Crippen LogP contribution >= 0.6 is 23.4 Å². The minimum absolute atomic E-state index is 0.00675. The molecular weight excluding hydrogens is 310 g/mol. The molecule has 0 aliphatic carbocycles. The highest BCUT2D eigenvalue weighted by Crippen LogP contribution is 2.21. The quantitative estimate of drug-likeness (QED) is 0.741. The zero-order valence-corrected chi connectivity index (χ0v) is 13.8. The van der Waals surface area contributed by atoms with Crippen LogP contribution in [0.1, 0.15) is 26.7 Å². The Kier molecular flexibility index (Phi) is 7.61. The van der Waals surface area contributed by atoms with E-state index in [1.807, 2.05) is 31.2 Å². The van der Waals surface area contributed by atoms with Gasteiger partial charge in [-0.3, -0.25) is 9.59 Å². The zero-order chi connectivity index (χ0) is 15.8. The van der Waals surface area contributed by atoms with E-state index in [9.17, 15) is 9.59 Å². The number of hydrogen-bond donors (Lipinski definition) is 1. The van der Waals surface area contributed by atoms with Crippen molar-refractivity contribution in [2.45, 2.75) is 37.6 Å². The van der Waals surface area contributed by atoms with Gasteiger partial charge < -0.3 is 10.0 Å². The molecule has 1 aromatic carbocycles. The van der Waals surface area contributed by atoms with Gasteiger partial charge in [0.2, 0.25) is 5.91 Å². The Hall–Kier alpha value is -1.20. The molecule has 0 spiro atoms. The van der Waals surface area contributed by atoms with E-state index in [1.165, 1.54) is 0 Å². The molecule has 1 atom stereocenters. The fourth-order valence-corrected chi connectivity index (χ4v) is 2.99. The average molecular weight is 330 g/mol. The molecule has 1 N–H and O–H groups in total. The zero-order valence-electron chi connectivity index (χ0n) is 12.2. The van der Waals surface area contributed by atoms with Gasteiger partial charge in [-0.15, -0.1) is 11.8 Å². The Labute approximate surface area is 134 Å². The van der Waals surface area contributed by atoms with Crippen molar-refractivity contribution in [3.8, 4) is 0 Å². The van der Waals surface area contributed by atoms with Gasteiger partial charge in [-0.05, 0) is 38.1 Å². The summed E-state index contributed by atoms with van der Waals surface area (Å²) in [6, 6.07) is 7.20. The molecule has 21 heavy (non-hydrogen) atoms. The number of carbonyl (C=O) groups is 2. The van der Waals surface area contributed by atoms with Crippen LogP contribution in [0.4, 0.5) is 0 Å². The number of halogens is 1. The van der Waals surface area contributed by atoms with E-state index in [2.05, 4.69) is 0 Å². The second-order valence-corrected chi connectivity index (χ2v) is 6.28. The number of nitrogens with zero attached hydrogens (tertiary/aromatic N) is 1. The van der Waals surface area contributed by atoms with Crippen LogP contribution in [0.15, 0.2) is 29.2 Å². The van der Waals surface area contributed by atoms with Gasteiger partial charge >= 0.3 is 5.97 Å². The Bertz CT molecular complexity index is 478. The van der Waals surface area contributed by atoms with E-state index in [4.69, 9.17) is 16.7 Å². The molecule has 0 aromatic heterocycles. The number of hydrogen-bond acceptors (Lipinski definition) is 3. The van der Waals surface area contributed by atoms with Crippen molar-refractivity contribution in [1.29, 1.82) is 0 Å². The largest absolute Gasteiger partial charge is 0.481 e. The Morgan fingerprint density at radius 3 is 2.48 bits per heavy atom. The molecular formula is C15H20ClNO3S. The number of aliphatic carboxylic acids is 1. The van der Waals surface area contributed by atoms with Gasteiger partial charge in [0.05, 0.1) is 6.42 Å². The van der Waals surface area contributed by atoms with Crippen LogP contribution in [0.5, 0.6) is 0 Å². The molecule has 116 valence electrons. The van der Waals surface area contributed by atoms with Crippen LogP contribution in [-0.4, -0.2) is 40.2 Å². The summed E-state index contributed by atoms with van der Waals surface area (Å²) in [5.41, 5.74) is 0. The number of carboxylic acids is 1. The van der Waals surface area contributed by atoms with Crippen LogP contribution in [-0.2, 0) is 9.59 Å². The van der Waals surface area contributed by atoms with Gasteiger partial charge in [0.15, 0.2) is 0 Å². The average Bonchev–Trinajstić information content (AvgIpc) is 2.41. The molecule has 0 radical (unpaired) electrons. The normalized spacial score (nSPS) is 12.0. The van der Waals surface area contributed by atoms with Gasteiger partial charge in [-0.25, -0.2) is 0 Å². The Balaban J connectivity index is 2.43. The molecule has 0 saturated carbocycles. The lowest BCUT2D eigenvalue weighted by atomic mass is 10.2. The van der Waals surface area contributed by atoms with Gasteiger partial charge in [0.25, 0.3) is 0 Å². The lowest BCUT2D eigenvalue weighted by Crippen LogP contribution is -2.39. The highest BCUT2D eigenvalue weighted by atomic mass is 35.5. The van der Waals surface area contributed by atoms with E-state index < -0.39 is 5.97 Å². The van der Waals surface area contributed by atoms with Gasteiger partial charge in [-0.1, -0.05) is 11.6 Å².